The molecule has 3 rings (SSSR count). The Kier molecular flexibility index (Phi) is 19.4. The maximum absolute atomic E-state index is 12.6. The average Bonchev–Trinajstić information content (AvgIpc) is 3.70. The highest BCUT2D eigenvalue weighted by Crippen LogP contribution is 2.56. The van der Waals surface area contributed by atoms with Gasteiger partial charge in [-0.3, -0.25) is 32.9 Å². The van der Waals surface area contributed by atoms with E-state index in [-0.39, 0.29) is 48.7 Å². The number of unbranched alkanes of at least 4 members (excludes halogenated alkanes) is 1. The third kappa shape index (κ3) is 16.6. The number of aromatic nitrogens is 4. The quantitative estimate of drug-likeness (QED) is 0.0339. The number of amides is 2. The summed E-state index contributed by atoms with van der Waals surface area (Å²) in [5.74, 6) is -3.51. The van der Waals surface area contributed by atoms with Crippen LogP contribution in [0.3, 0.4) is 0 Å². The van der Waals surface area contributed by atoms with Gasteiger partial charge in [-0.25, -0.2) is 19.3 Å². The number of hydrogen-bond donors (Lipinski definition) is 6. The van der Waals surface area contributed by atoms with Crippen molar-refractivity contribution in [3.63, 3.8) is 0 Å². The molecule has 26 nitrogen and oxygen atoms in total. The summed E-state index contributed by atoms with van der Waals surface area (Å²) in [5.41, 5.74) is 4.00. The summed E-state index contributed by atoms with van der Waals surface area (Å²) < 4.78 is 60.6. The third-order valence-corrected chi connectivity index (χ3v) is 12.8. The van der Waals surface area contributed by atoms with E-state index in [1.165, 1.54) is 13.8 Å². The van der Waals surface area contributed by atoms with Crippen LogP contribution in [-0.4, -0.2) is 114 Å². The highest BCUT2D eigenvalue weighted by molar-refractivity contribution is 8.13. The lowest BCUT2D eigenvalue weighted by atomic mass is 9.87. The van der Waals surface area contributed by atoms with Gasteiger partial charge in [0.15, 0.2) is 17.7 Å². The molecule has 30 heteroatoms. The molecule has 2 aromatic heterocycles. The van der Waals surface area contributed by atoms with E-state index in [1.807, 2.05) is 13.8 Å². The van der Waals surface area contributed by atoms with Crippen molar-refractivity contribution in [2.75, 3.05) is 37.8 Å². The number of nitrogens with two attached hydrogens (primary N) is 1. The maximum atomic E-state index is 12.6. The van der Waals surface area contributed by atoms with Gasteiger partial charge in [-0.1, -0.05) is 58.7 Å². The second-order valence-corrected chi connectivity index (χ2v) is 19.9. The number of carbonyl (C=O) groups is 4. The summed E-state index contributed by atoms with van der Waals surface area (Å²) in [6.07, 6.45) is -5.28. The van der Waals surface area contributed by atoms with Gasteiger partial charge in [-0.05, 0) is 12.3 Å². The lowest BCUT2D eigenvalue weighted by molar-refractivity contribution is -0.347. The summed E-state index contributed by atoms with van der Waals surface area (Å²) in [4.78, 5) is 108. The molecule has 7 N–H and O–H groups in total. The minimum Gasteiger partial charge on any atom is -0.790 e. The molecule has 8 unspecified atom stereocenters. The van der Waals surface area contributed by atoms with Gasteiger partial charge in [0.1, 0.15) is 42.2 Å². The van der Waals surface area contributed by atoms with Crippen LogP contribution in [-0.2, 0) is 55.5 Å². The molecule has 61 heavy (non-hydrogen) atoms. The van der Waals surface area contributed by atoms with Crippen molar-refractivity contribution < 1.29 is 90.4 Å². The van der Waals surface area contributed by atoms with Gasteiger partial charge in [0, 0.05) is 30.7 Å². The molecule has 0 aliphatic carbocycles. The van der Waals surface area contributed by atoms with Crippen molar-refractivity contribution in [1.82, 2.24) is 30.2 Å². The molecule has 2 amide bonds. The largest absolute Gasteiger partial charge is 0.790 e. The Morgan fingerprint density at radius 1 is 1.02 bits per heavy atom. The number of nitrogens with one attached hydrogen (secondary N) is 2. The number of anilines is 1. The molecule has 346 valence electrons. The highest BCUT2D eigenvalue weighted by Gasteiger charge is 2.47. The highest BCUT2D eigenvalue weighted by atomic mass is 32.2. The van der Waals surface area contributed by atoms with Crippen LogP contribution in [0, 0.1) is 17.3 Å². The van der Waals surface area contributed by atoms with Crippen LogP contribution in [0.1, 0.15) is 66.0 Å². The van der Waals surface area contributed by atoms with Crippen LogP contribution in [0.2, 0.25) is 0 Å². The molecular formula is C31H48N7O19P3S-4. The zero-order valence-corrected chi connectivity index (χ0v) is 36.8. The number of imidazole rings is 1. The van der Waals surface area contributed by atoms with Gasteiger partial charge >= 0.3 is 5.97 Å². The van der Waals surface area contributed by atoms with Crippen LogP contribution in [0.4, 0.5) is 5.82 Å². The van der Waals surface area contributed by atoms with E-state index >= 15 is 0 Å². The number of aliphatic carboxylic acids is 1. The minimum atomic E-state index is -5.94. The summed E-state index contributed by atoms with van der Waals surface area (Å²) in [5, 5.41) is 35.0. The summed E-state index contributed by atoms with van der Waals surface area (Å²) in [7, 11) is -17.7. The normalized spacial score (nSPS) is 21.4. The van der Waals surface area contributed by atoms with Crippen LogP contribution in [0.15, 0.2) is 12.7 Å². The third-order valence-electron chi connectivity index (χ3n) is 8.83. The number of aliphatic hydroxyl groups is 2. The Hall–Kier alpha value is -2.97. The van der Waals surface area contributed by atoms with Crippen LogP contribution in [0.5, 0.6) is 0 Å². The molecule has 1 saturated heterocycles. The lowest BCUT2D eigenvalue weighted by Crippen LogP contribution is -2.46. The number of rotatable bonds is 26. The van der Waals surface area contributed by atoms with Crippen molar-refractivity contribution in [1.29, 1.82) is 0 Å². The van der Waals surface area contributed by atoms with Gasteiger partial charge in [0.2, 0.25) is 16.9 Å². The molecule has 8 atom stereocenters. The number of nitrogen functional groups attached to an aromatic ring is 1. The second kappa shape index (κ2) is 22.6. The van der Waals surface area contributed by atoms with Crippen LogP contribution < -0.4 is 35.9 Å². The molecule has 0 saturated carbocycles. The van der Waals surface area contributed by atoms with E-state index in [4.69, 9.17) is 10.5 Å². The average molecular weight is 948 g/mol. The molecule has 0 bridgehead atoms. The SMILES string of the molecule is CC(C)CCCCC(C(=O)O)C(=O)SCCNC(=O)CCNC(=O)C(O)C(C)(C)COP(=O)([O-])OP(=O)([O-])OCC1OC(n2cnc3c(N)ncnc32)C(O)C1OP(=O)([O-])[O-]. The van der Waals surface area contributed by atoms with Gasteiger partial charge < -0.3 is 74.1 Å². The van der Waals surface area contributed by atoms with Gasteiger partial charge in [-0.2, -0.15) is 0 Å². The number of phosphoric acid groups is 3. The summed E-state index contributed by atoms with van der Waals surface area (Å²) >= 11 is 0.778. The number of phosphoric ester groups is 3. The van der Waals surface area contributed by atoms with E-state index < -0.39 is 102 Å². The molecule has 1 aliphatic rings. The molecule has 3 heterocycles. The Morgan fingerprint density at radius 3 is 2.31 bits per heavy atom. The van der Waals surface area contributed by atoms with E-state index in [0.717, 1.165) is 41.8 Å². The molecular weight excluding hydrogens is 899 g/mol. The number of carboxylic acids is 1. The van der Waals surface area contributed by atoms with Crippen molar-refractivity contribution >= 4 is 75.1 Å². The van der Waals surface area contributed by atoms with Crippen molar-refractivity contribution in [3.8, 4) is 0 Å². The fourth-order valence-corrected chi connectivity index (χ4v) is 9.16. The molecule has 0 radical (unpaired) electrons. The van der Waals surface area contributed by atoms with E-state index in [9.17, 15) is 67.8 Å². The zero-order valence-electron chi connectivity index (χ0n) is 33.3. The predicted molar refractivity (Wildman–Crippen MR) is 203 cm³/mol. The number of carbonyl (C=O) groups excluding carboxylic acids is 3. The number of thioether (sulfide) groups is 1. The molecule has 0 spiro atoms. The van der Waals surface area contributed by atoms with Crippen LogP contribution in [0.25, 0.3) is 11.2 Å². The number of hydrogen-bond acceptors (Lipinski definition) is 23. The topological polar surface area (TPSA) is 412 Å². The Morgan fingerprint density at radius 2 is 1.67 bits per heavy atom. The fourth-order valence-electron chi connectivity index (χ4n) is 5.60. The Balaban J connectivity index is 1.45. The Bertz CT molecular complexity index is 1990. The molecule has 0 aromatic carbocycles. The van der Waals surface area contributed by atoms with E-state index in [0.29, 0.717) is 12.3 Å². The fraction of sp³-hybridized carbons (Fsp3) is 0.710. The number of fused-ring (bicyclic) bond motifs is 1. The van der Waals surface area contributed by atoms with E-state index in [2.05, 4.69) is 43.5 Å². The predicted octanol–water partition coefficient (Wildman–Crippen LogP) is -1.95. The summed E-state index contributed by atoms with van der Waals surface area (Å²) in [6, 6.07) is 0. The number of nitrogens with zero attached hydrogens (tertiary/aromatic N) is 4. The minimum absolute atomic E-state index is 0.0177. The number of carboxylic acid groups (broad SMARTS) is 1. The first-order valence-electron chi connectivity index (χ1n) is 18.4. The first-order valence-corrected chi connectivity index (χ1v) is 23.8. The Labute approximate surface area is 353 Å². The van der Waals surface area contributed by atoms with Crippen molar-refractivity contribution in [2.24, 2.45) is 17.3 Å². The van der Waals surface area contributed by atoms with E-state index in [1.54, 1.807) is 0 Å². The second-order valence-electron chi connectivity index (χ2n) is 14.7. The zero-order chi connectivity index (χ0) is 45.9. The van der Waals surface area contributed by atoms with Crippen molar-refractivity contribution in [3.05, 3.63) is 12.7 Å². The van der Waals surface area contributed by atoms with Gasteiger partial charge in [0.05, 0.1) is 27.4 Å². The van der Waals surface area contributed by atoms with Gasteiger partial charge in [-0.15, -0.1) is 0 Å². The molecule has 1 aliphatic heterocycles. The van der Waals surface area contributed by atoms with Gasteiger partial charge in [0.25, 0.3) is 15.6 Å². The monoisotopic (exact) mass is 947 g/mol. The first-order chi connectivity index (χ1) is 28.2. The molecule has 2 aromatic rings. The smallest absolute Gasteiger partial charge is 0.314 e. The maximum Gasteiger partial charge on any atom is 0.314 e. The molecule has 1 fully saturated rings. The lowest BCUT2D eigenvalue weighted by Gasteiger charge is -2.36. The van der Waals surface area contributed by atoms with Crippen LogP contribution >= 0.6 is 35.2 Å². The first kappa shape index (κ1) is 52.4. The summed E-state index contributed by atoms with van der Waals surface area (Å²) in [6.45, 7) is 3.84. The number of ether oxygens (including phenoxy) is 1. The standard InChI is InChI=1S/C31H52N7O19P3S/c1-17(2)7-5-6-8-18(29(43)44)30(45)61-12-11-33-20(39)9-10-34-27(42)24(41)31(3,4)14-54-60(51,52)57-59(49,50)53-13-19-23(56-58(46,47)48)22(40)28(55-19)38-16-37-21-25(32)35-15-36-26(21)38/h15-19,22-24,28,40-41H,5-14H2,1-4H3,(H,33,39)(H,34,42)(H,43,44)(H,49,50)(H,51,52)(H2,32,35,36)(H2,46,47,48)/p-4. The van der Waals surface area contributed by atoms with Crippen molar-refractivity contribution in [2.45, 2.75) is 90.4 Å². The number of aliphatic hydroxyl groups excluding tert-OH is 2.